The molecule has 1 aliphatic carbocycles. The molecule has 98 valence electrons. The second kappa shape index (κ2) is 4.28. The number of hydrogen-bond donors (Lipinski definition) is 1. The predicted molar refractivity (Wildman–Crippen MR) is 71.3 cm³/mol. The Balaban J connectivity index is 1.85. The van der Waals surface area contributed by atoms with Crippen LogP contribution < -0.4 is 5.73 Å². The first-order valence-electron chi connectivity index (χ1n) is 6.90. The molecular weight excluding hydrogens is 224 g/mol. The van der Waals surface area contributed by atoms with Crippen LogP contribution in [0.3, 0.4) is 0 Å². The lowest BCUT2D eigenvalue weighted by molar-refractivity contribution is 0.253. The van der Waals surface area contributed by atoms with Crippen LogP contribution >= 0.6 is 0 Å². The summed E-state index contributed by atoms with van der Waals surface area (Å²) in [4.78, 5) is 11.7. The Labute approximate surface area is 109 Å². The van der Waals surface area contributed by atoms with Gasteiger partial charge in [0.15, 0.2) is 0 Å². The van der Waals surface area contributed by atoms with E-state index in [0.29, 0.717) is 5.92 Å². The van der Waals surface area contributed by atoms with E-state index >= 15 is 0 Å². The average molecular weight is 246 g/mol. The molecule has 0 radical (unpaired) electrons. The molecule has 2 aliphatic rings. The van der Waals surface area contributed by atoms with Crippen molar-refractivity contribution in [3.8, 4) is 0 Å². The van der Waals surface area contributed by atoms with Crippen LogP contribution in [0.15, 0.2) is 6.07 Å². The summed E-state index contributed by atoms with van der Waals surface area (Å²) in [7, 11) is 2.19. The summed E-state index contributed by atoms with van der Waals surface area (Å²) >= 11 is 0. The lowest BCUT2D eigenvalue weighted by atomic mass is 9.93. The molecule has 2 N–H and O–H groups in total. The molecule has 0 amide bonds. The number of nitrogens with zero attached hydrogens (tertiary/aromatic N) is 3. The first-order valence-corrected chi connectivity index (χ1v) is 6.90. The summed E-state index contributed by atoms with van der Waals surface area (Å²) in [6, 6.07) is 2.14. The van der Waals surface area contributed by atoms with Crippen LogP contribution in [0.5, 0.6) is 0 Å². The molecule has 0 aromatic carbocycles. The Kier molecular flexibility index (Phi) is 2.87. The van der Waals surface area contributed by atoms with Gasteiger partial charge in [0.05, 0.1) is 5.54 Å². The Bertz CT molecular complexity index is 445. The van der Waals surface area contributed by atoms with Crippen LogP contribution in [0.4, 0.5) is 0 Å². The summed E-state index contributed by atoms with van der Waals surface area (Å²) in [6.45, 7) is 4.38. The summed E-state index contributed by atoms with van der Waals surface area (Å²) in [5.74, 6) is 1.46. The Morgan fingerprint density at radius 1 is 1.28 bits per heavy atom. The zero-order valence-electron chi connectivity index (χ0n) is 11.3. The fourth-order valence-electron chi connectivity index (χ4n) is 2.69. The third-order valence-corrected chi connectivity index (χ3v) is 4.24. The van der Waals surface area contributed by atoms with Crippen molar-refractivity contribution in [1.29, 1.82) is 0 Å². The van der Waals surface area contributed by atoms with Gasteiger partial charge in [0.1, 0.15) is 5.82 Å². The molecule has 0 unspecified atom stereocenters. The van der Waals surface area contributed by atoms with E-state index in [2.05, 4.69) is 29.9 Å². The lowest BCUT2D eigenvalue weighted by Crippen LogP contribution is -2.30. The van der Waals surface area contributed by atoms with E-state index in [1.165, 1.54) is 18.5 Å². The number of aryl methyl sites for hydroxylation is 1. The van der Waals surface area contributed by atoms with E-state index in [1.807, 2.05) is 0 Å². The summed E-state index contributed by atoms with van der Waals surface area (Å²) in [5.41, 5.74) is 8.28. The predicted octanol–water partition coefficient (Wildman–Crippen LogP) is 1.54. The van der Waals surface area contributed by atoms with Gasteiger partial charge in [-0.15, -0.1) is 0 Å². The molecule has 1 aromatic rings. The van der Waals surface area contributed by atoms with Gasteiger partial charge in [-0.1, -0.05) is 0 Å². The van der Waals surface area contributed by atoms with E-state index in [0.717, 1.165) is 37.4 Å². The third kappa shape index (κ3) is 2.27. The molecule has 0 spiro atoms. The molecule has 3 rings (SSSR count). The molecule has 1 aromatic heterocycles. The van der Waals surface area contributed by atoms with Crippen molar-refractivity contribution in [3.05, 3.63) is 23.3 Å². The highest BCUT2D eigenvalue weighted by Gasteiger charge is 2.43. The minimum Gasteiger partial charge on any atom is -0.319 e. The first kappa shape index (κ1) is 12.1. The smallest absolute Gasteiger partial charge is 0.148 e. The number of aromatic nitrogens is 2. The normalized spacial score (nSPS) is 24.2. The lowest BCUT2D eigenvalue weighted by Gasteiger charge is -2.29. The average Bonchev–Trinajstić information content (AvgIpc) is 3.09. The van der Waals surface area contributed by atoms with Gasteiger partial charge < -0.3 is 10.6 Å². The van der Waals surface area contributed by atoms with Crippen molar-refractivity contribution in [1.82, 2.24) is 14.9 Å². The van der Waals surface area contributed by atoms with Gasteiger partial charge in [-0.05, 0) is 58.8 Å². The van der Waals surface area contributed by atoms with Gasteiger partial charge in [-0.3, -0.25) is 0 Å². The van der Waals surface area contributed by atoms with E-state index in [4.69, 9.17) is 10.7 Å². The van der Waals surface area contributed by atoms with E-state index in [9.17, 15) is 0 Å². The molecule has 1 saturated heterocycles. The van der Waals surface area contributed by atoms with Crippen molar-refractivity contribution >= 4 is 0 Å². The fourth-order valence-corrected chi connectivity index (χ4v) is 2.69. The highest BCUT2D eigenvalue weighted by atomic mass is 15.1. The zero-order chi connectivity index (χ0) is 12.8. The molecule has 4 heteroatoms. The van der Waals surface area contributed by atoms with Gasteiger partial charge in [-0.2, -0.15) is 0 Å². The van der Waals surface area contributed by atoms with E-state index in [1.54, 1.807) is 0 Å². The van der Waals surface area contributed by atoms with Gasteiger partial charge >= 0.3 is 0 Å². The zero-order valence-corrected chi connectivity index (χ0v) is 11.3. The van der Waals surface area contributed by atoms with Crippen LogP contribution in [0.25, 0.3) is 0 Å². The van der Waals surface area contributed by atoms with Crippen molar-refractivity contribution in [2.45, 2.75) is 44.1 Å². The van der Waals surface area contributed by atoms with Crippen LogP contribution in [0.1, 0.15) is 48.8 Å². The maximum atomic E-state index is 6.22. The van der Waals surface area contributed by atoms with E-state index < -0.39 is 0 Å². The number of hydrogen-bond acceptors (Lipinski definition) is 4. The third-order valence-electron chi connectivity index (χ3n) is 4.24. The van der Waals surface area contributed by atoms with Crippen LogP contribution in [-0.4, -0.2) is 35.0 Å². The number of rotatable bonds is 2. The quantitative estimate of drug-likeness (QED) is 0.860. The van der Waals surface area contributed by atoms with Crippen molar-refractivity contribution < 1.29 is 0 Å². The SMILES string of the molecule is Cc1cc(C2CCN(C)CC2)nc(C2(N)CC2)n1. The molecule has 0 atom stereocenters. The Morgan fingerprint density at radius 2 is 1.94 bits per heavy atom. The monoisotopic (exact) mass is 246 g/mol. The standard InChI is InChI=1S/C14H22N4/c1-10-9-12(11-3-7-18(2)8-4-11)17-13(16-10)14(15)5-6-14/h9,11H,3-8,15H2,1-2H3. The van der Waals surface area contributed by atoms with Crippen molar-refractivity contribution in [2.24, 2.45) is 5.73 Å². The maximum Gasteiger partial charge on any atom is 0.148 e. The minimum atomic E-state index is -0.216. The van der Waals surface area contributed by atoms with Crippen LogP contribution in [-0.2, 0) is 5.54 Å². The van der Waals surface area contributed by atoms with Gasteiger partial charge in [0.25, 0.3) is 0 Å². The molecule has 1 saturated carbocycles. The van der Waals surface area contributed by atoms with E-state index in [-0.39, 0.29) is 5.54 Å². The van der Waals surface area contributed by atoms with Crippen molar-refractivity contribution in [3.63, 3.8) is 0 Å². The molecular formula is C14H22N4. The first-order chi connectivity index (χ1) is 8.57. The number of likely N-dealkylation sites (tertiary alicyclic amines) is 1. The topological polar surface area (TPSA) is 55.0 Å². The highest BCUT2D eigenvalue weighted by molar-refractivity contribution is 5.22. The fraction of sp³-hybridized carbons (Fsp3) is 0.714. The Morgan fingerprint density at radius 3 is 2.56 bits per heavy atom. The number of piperidine rings is 1. The molecule has 2 fully saturated rings. The van der Waals surface area contributed by atoms with Gasteiger partial charge in [0, 0.05) is 17.3 Å². The molecule has 0 bridgehead atoms. The molecule has 1 aliphatic heterocycles. The molecule has 2 heterocycles. The second-order valence-corrected chi connectivity index (χ2v) is 5.99. The maximum absolute atomic E-state index is 6.22. The Hall–Kier alpha value is -1.00. The minimum absolute atomic E-state index is 0.216. The van der Waals surface area contributed by atoms with Gasteiger partial charge in [0.2, 0.25) is 0 Å². The number of nitrogens with two attached hydrogens (primary N) is 1. The van der Waals surface area contributed by atoms with Crippen LogP contribution in [0.2, 0.25) is 0 Å². The van der Waals surface area contributed by atoms with Gasteiger partial charge in [-0.25, -0.2) is 9.97 Å². The summed E-state index contributed by atoms with van der Waals surface area (Å²) in [5, 5.41) is 0. The van der Waals surface area contributed by atoms with Crippen molar-refractivity contribution in [2.75, 3.05) is 20.1 Å². The highest BCUT2D eigenvalue weighted by Crippen LogP contribution is 2.41. The second-order valence-electron chi connectivity index (χ2n) is 5.99. The largest absolute Gasteiger partial charge is 0.319 e. The summed E-state index contributed by atoms with van der Waals surface area (Å²) in [6.07, 6.45) is 4.46. The molecule has 18 heavy (non-hydrogen) atoms. The molecule has 4 nitrogen and oxygen atoms in total. The summed E-state index contributed by atoms with van der Waals surface area (Å²) < 4.78 is 0. The van der Waals surface area contributed by atoms with Crippen LogP contribution in [0, 0.1) is 6.92 Å².